The molecule has 1 heterocycles. The molecule has 0 aliphatic carbocycles. The molecule has 0 radical (unpaired) electrons. The zero-order chi connectivity index (χ0) is 15.4. The number of ether oxygens (including phenoxy) is 1. The molecule has 1 N–H and O–H groups in total. The molecule has 4 nitrogen and oxygen atoms in total. The SMILES string of the molecule is CCC1NC(c2cccc(Cl)c2)N(CCOC(C)C)C1=O. The Morgan fingerprint density at radius 1 is 1.43 bits per heavy atom. The maximum atomic E-state index is 12.5. The van der Waals surface area contributed by atoms with Crippen LogP contribution < -0.4 is 5.32 Å². The van der Waals surface area contributed by atoms with Gasteiger partial charge in [0.1, 0.15) is 6.17 Å². The molecular formula is C16H23ClN2O2. The van der Waals surface area contributed by atoms with E-state index in [4.69, 9.17) is 16.3 Å². The van der Waals surface area contributed by atoms with E-state index in [2.05, 4.69) is 5.32 Å². The highest BCUT2D eigenvalue weighted by Crippen LogP contribution is 2.27. The molecule has 1 aromatic carbocycles. The number of benzene rings is 1. The molecule has 0 saturated carbocycles. The predicted octanol–water partition coefficient (Wildman–Crippen LogP) is 2.97. The lowest BCUT2D eigenvalue weighted by Gasteiger charge is -2.25. The van der Waals surface area contributed by atoms with E-state index < -0.39 is 0 Å². The van der Waals surface area contributed by atoms with Crippen molar-refractivity contribution in [2.24, 2.45) is 0 Å². The first-order valence-electron chi connectivity index (χ1n) is 7.46. The van der Waals surface area contributed by atoms with E-state index >= 15 is 0 Å². The molecule has 21 heavy (non-hydrogen) atoms. The van der Waals surface area contributed by atoms with Gasteiger partial charge in [0.05, 0.1) is 18.8 Å². The molecule has 116 valence electrons. The van der Waals surface area contributed by atoms with Gasteiger partial charge in [-0.3, -0.25) is 10.1 Å². The Morgan fingerprint density at radius 2 is 2.19 bits per heavy atom. The van der Waals surface area contributed by atoms with Crippen molar-refractivity contribution in [1.29, 1.82) is 0 Å². The fraction of sp³-hybridized carbons (Fsp3) is 0.562. The highest BCUT2D eigenvalue weighted by Gasteiger charge is 2.38. The average molecular weight is 311 g/mol. The lowest BCUT2D eigenvalue weighted by Crippen LogP contribution is -2.34. The molecule has 1 aliphatic heterocycles. The third-order valence-electron chi connectivity index (χ3n) is 3.61. The summed E-state index contributed by atoms with van der Waals surface area (Å²) in [5.41, 5.74) is 1.01. The van der Waals surface area contributed by atoms with Gasteiger partial charge in [-0.05, 0) is 38.0 Å². The van der Waals surface area contributed by atoms with Crippen LogP contribution in [0.25, 0.3) is 0 Å². The van der Waals surface area contributed by atoms with E-state index in [0.29, 0.717) is 18.2 Å². The van der Waals surface area contributed by atoms with E-state index in [-0.39, 0.29) is 24.2 Å². The van der Waals surface area contributed by atoms with Gasteiger partial charge in [0.15, 0.2) is 0 Å². The second kappa shape index (κ2) is 7.25. The predicted molar refractivity (Wildman–Crippen MR) is 84.2 cm³/mol. The number of nitrogens with zero attached hydrogens (tertiary/aromatic N) is 1. The minimum absolute atomic E-state index is 0.128. The zero-order valence-electron chi connectivity index (χ0n) is 12.8. The van der Waals surface area contributed by atoms with Crippen molar-refractivity contribution in [3.63, 3.8) is 0 Å². The van der Waals surface area contributed by atoms with E-state index in [1.54, 1.807) is 0 Å². The molecule has 1 amide bonds. The summed E-state index contributed by atoms with van der Waals surface area (Å²) in [6, 6.07) is 7.51. The van der Waals surface area contributed by atoms with Gasteiger partial charge in [-0.1, -0.05) is 30.7 Å². The summed E-state index contributed by atoms with van der Waals surface area (Å²) in [4.78, 5) is 14.3. The van der Waals surface area contributed by atoms with Gasteiger partial charge in [0.25, 0.3) is 0 Å². The van der Waals surface area contributed by atoms with Crippen LogP contribution >= 0.6 is 11.6 Å². The van der Waals surface area contributed by atoms with E-state index in [0.717, 1.165) is 12.0 Å². The van der Waals surface area contributed by atoms with Crippen LogP contribution in [0.15, 0.2) is 24.3 Å². The van der Waals surface area contributed by atoms with Crippen LogP contribution in [0, 0.1) is 0 Å². The van der Waals surface area contributed by atoms with Gasteiger partial charge >= 0.3 is 0 Å². The van der Waals surface area contributed by atoms with Crippen LogP contribution in [0.5, 0.6) is 0 Å². The van der Waals surface area contributed by atoms with Crippen molar-refractivity contribution in [3.8, 4) is 0 Å². The van der Waals surface area contributed by atoms with Crippen molar-refractivity contribution in [1.82, 2.24) is 10.2 Å². The summed E-state index contributed by atoms with van der Waals surface area (Å²) in [5, 5.41) is 4.06. The molecule has 2 atom stereocenters. The van der Waals surface area contributed by atoms with Crippen molar-refractivity contribution < 1.29 is 9.53 Å². The van der Waals surface area contributed by atoms with Crippen molar-refractivity contribution >= 4 is 17.5 Å². The summed E-state index contributed by atoms with van der Waals surface area (Å²) in [5.74, 6) is 0.134. The third kappa shape index (κ3) is 3.96. The van der Waals surface area contributed by atoms with Gasteiger partial charge in [0.2, 0.25) is 5.91 Å². The van der Waals surface area contributed by atoms with Crippen LogP contribution in [-0.2, 0) is 9.53 Å². The number of carbonyl (C=O) groups excluding carboxylic acids is 1. The number of rotatable bonds is 6. The molecule has 5 heteroatoms. The first kappa shape index (κ1) is 16.3. The summed E-state index contributed by atoms with van der Waals surface area (Å²) in [6.45, 7) is 7.12. The molecule has 1 saturated heterocycles. The largest absolute Gasteiger partial charge is 0.377 e. The highest BCUT2D eigenvalue weighted by atomic mass is 35.5. The maximum absolute atomic E-state index is 12.5. The van der Waals surface area contributed by atoms with E-state index in [9.17, 15) is 4.79 Å². The quantitative estimate of drug-likeness (QED) is 0.878. The average Bonchev–Trinajstić information content (AvgIpc) is 2.75. The van der Waals surface area contributed by atoms with Crippen LogP contribution in [0.4, 0.5) is 0 Å². The minimum atomic E-state index is -0.131. The molecular weight excluding hydrogens is 288 g/mol. The number of halogens is 1. The molecule has 2 rings (SSSR count). The van der Waals surface area contributed by atoms with Crippen molar-refractivity contribution in [2.45, 2.75) is 45.5 Å². The van der Waals surface area contributed by atoms with Crippen LogP contribution in [-0.4, -0.2) is 36.1 Å². The zero-order valence-corrected chi connectivity index (χ0v) is 13.6. The van der Waals surface area contributed by atoms with Gasteiger partial charge in [-0.25, -0.2) is 0 Å². The summed E-state index contributed by atoms with van der Waals surface area (Å²) in [6.07, 6.45) is 0.816. The molecule has 0 spiro atoms. The second-order valence-electron chi connectivity index (χ2n) is 5.54. The van der Waals surface area contributed by atoms with Crippen molar-refractivity contribution in [2.75, 3.05) is 13.2 Å². The third-order valence-corrected chi connectivity index (χ3v) is 3.84. The Labute approximate surface area is 131 Å². The summed E-state index contributed by atoms with van der Waals surface area (Å²) in [7, 11) is 0. The monoisotopic (exact) mass is 310 g/mol. The second-order valence-corrected chi connectivity index (χ2v) is 5.97. The fourth-order valence-electron chi connectivity index (χ4n) is 2.55. The lowest BCUT2D eigenvalue weighted by molar-refractivity contribution is -0.131. The Kier molecular flexibility index (Phi) is 5.62. The smallest absolute Gasteiger partial charge is 0.241 e. The first-order valence-corrected chi connectivity index (χ1v) is 7.84. The van der Waals surface area contributed by atoms with Crippen LogP contribution in [0.3, 0.4) is 0 Å². The van der Waals surface area contributed by atoms with Gasteiger partial charge in [0, 0.05) is 11.6 Å². The van der Waals surface area contributed by atoms with Crippen LogP contribution in [0.1, 0.15) is 38.9 Å². The Morgan fingerprint density at radius 3 is 2.81 bits per heavy atom. The highest BCUT2D eigenvalue weighted by molar-refractivity contribution is 6.30. The first-order chi connectivity index (χ1) is 10.0. The number of amides is 1. The normalized spacial score (nSPS) is 22.3. The van der Waals surface area contributed by atoms with Crippen LogP contribution in [0.2, 0.25) is 5.02 Å². The maximum Gasteiger partial charge on any atom is 0.241 e. The number of nitrogens with one attached hydrogen (secondary N) is 1. The minimum Gasteiger partial charge on any atom is -0.377 e. The van der Waals surface area contributed by atoms with Crippen molar-refractivity contribution in [3.05, 3.63) is 34.9 Å². The number of carbonyl (C=O) groups is 1. The number of hydrogen-bond donors (Lipinski definition) is 1. The summed E-state index contributed by atoms with van der Waals surface area (Å²) >= 11 is 6.07. The Hall–Kier alpha value is -1.10. The summed E-state index contributed by atoms with van der Waals surface area (Å²) < 4.78 is 5.58. The Balaban J connectivity index is 2.14. The molecule has 1 aliphatic rings. The van der Waals surface area contributed by atoms with E-state index in [1.165, 1.54) is 0 Å². The molecule has 0 bridgehead atoms. The van der Waals surface area contributed by atoms with Gasteiger partial charge in [-0.15, -0.1) is 0 Å². The van der Waals surface area contributed by atoms with E-state index in [1.807, 2.05) is 49.9 Å². The molecule has 1 fully saturated rings. The standard InChI is InChI=1S/C16H23ClN2O2/c1-4-14-16(20)19(8-9-21-11(2)3)15(18-14)12-6-5-7-13(17)10-12/h5-7,10-11,14-15,18H,4,8-9H2,1-3H3. The fourth-order valence-corrected chi connectivity index (χ4v) is 2.75. The molecule has 1 aromatic rings. The van der Waals surface area contributed by atoms with Gasteiger partial charge < -0.3 is 9.64 Å². The topological polar surface area (TPSA) is 41.6 Å². The lowest BCUT2D eigenvalue weighted by atomic mass is 10.1. The number of hydrogen-bond acceptors (Lipinski definition) is 3. The molecule has 0 aromatic heterocycles. The molecule has 2 unspecified atom stereocenters. The Bertz CT molecular complexity index is 493. The van der Waals surface area contributed by atoms with Gasteiger partial charge in [-0.2, -0.15) is 0 Å².